The highest BCUT2D eigenvalue weighted by molar-refractivity contribution is 5.92. The first kappa shape index (κ1) is 16.1. The molecular formula is C13H26N2O2. The van der Waals surface area contributed by atoms with Gasteiger partial charge in [0.15, 0.2) is 5.78 Å². The van der Waals surface area contributed by atoms with Gasteiger partial charge in [0.2, 0.25) is 5.91 Å². The Bertz CT molecular complexity index is 262. The van der Waals surface area contributed by atoms with Crippen molar-refractivity contribution in [3.63, 3.8) is 0 Å². The summed E-state index contributed by atoms with van der Waals surface area (Å²) in [6.07, 6.45) is 3.21. The van der Waals surface area contributed by atoms with Gasteiger partial charge in [-0.05, 0) is 32.2 Å². The van der Waals surface area contributed by atoms with Crippen LogP contribution in [0.1, 0.15) is 53.4 Å². The van der Waals surface area contributed by atoms with E-state index >= 15 is 0 Å². The van der Waals surface area contributed by atoms with Crippen LogP contribution in [0.2, 0.25) is 0 Å². The van der Waals surface area contributed by atoms with Crippen LogP contribution in [0.15, 0.2) is 0 Å². The van der Waals surface area contributed by atoms with Crippen molar-refractivity contribution < 1.29 is 9.59 Å². The van der Waals surface area contributed by atoms with Crippen LogP contribution < -0.4 is 11.1 Å². The topological polar surface area (TPSA) is 72.2 Å². The number of nitrogens with one attached hydrogen (secondary N) is 1. The Kier molecular flexibility index (Phi) is 7.04. The lowest BCUT2D eigenvalue weighted by Crippen LogP contribution is -2.45. The third kappa shape index (κ3) is 5.82. The van der Waals surface area contributed by atoms with Crippen LogP contribution in [-0.2, 0) is 9.59 Å². The highest BCUT2D eigenvalue weighted by Gasteiger charge is 2.32. The maximum absolute atomic E-state index is 12.3. The highest BCUT2D eigenvalue weighted by atomic mass is 16.2. The lowest BCUT2D eigenvalue weighted by molar-refractivity contribution is -0.132. The van der Waals surface area contributed by atoms with Crippen LogP contribution >= 0.6 is 0 Å². The van der Waals surface area contributed by atoms with Crippen molar-refractivity contribution in [1.29, 1.82) is 0 Å². The summed E-state index contributed by atoms with van der Waals surface area (Å²) in [5.74, 6) is -0.0322. The molecule has 0 unspecified atom stereocenters. The zero-order chi connectivity index (χ0) is 13.5. The molecule has 1 amide bonds. The molecule has 0 bridgehead atoms. The minimum atomic E-state index is -0.379. The first-order chi connectivity index (χ1) is 7.85. The van der Waals surface area contributed by atoms with Crippen molar-refractivity contribution >= 4 is 11.7 Å². The first-order valence-corrected chi connectivity index (χ1v) is 6.36. The van der Waals surface area contributed by atoms with Crippen LogP contribution in [0.4, 0.5) is 0 Å². The van der Waals surface area contributed by atoms with Crippen molar-refractivity contribution in [2.24, 2.45) is 11.1 Å². The van der Waals surface area contributed by atoms with E-state index in [-0.39, 0.29) is 23.1 Å². The van der Waals surface area contributed by atoms with Gasteiger partial charge in [0, 0.05) is 12.3 Å². The highest BCUT2D eigenvalue weighted by Crippen LogP contribution is 2.24. The molecule has 0 radical (unpaired) electrons. The molecule has 0 aromatic carbocycles. The lowest BCUT2D eigenvalue weighted by atomic mass is 9.80. The maximum Gasteiger partial charge on any atom is 0.217 e. The van der Waals surface area contributed by atoms with E-state index in [9.17, 15) is 9.59 Å². The second kappa shape index (κ2) is 7.43. The summed E-state index contributed by atoms with van der Waals surface area (Å²) in [5, 5.41) is 2.75. The van der Waals surface area contributed by atoms with Crippen LogP contribution in [0.25, 0.3) is 0 Å². The molecule has 4 nitrogen and oxygen atoms in total. The second-order valence-electron chi connectivity index (χ2n) is 5.14. The van der Waals surface area contributed by atoms with Gasteiger partial charge in [0.05, 0.1) is 6.04 Å². The lowest BCUT2D eigenvalue weighted by Gasteiger charge is -2.27. The van der Waals surface area contributed by atoms with Crippen LogP contribution in [0.3, 0.4) is 0 Å². The van der Waals surface area contributed by atoms with E-state index in [1.54, 1.807) is 0 Å². The molecule has 0 aliphatic rings. The molecule has 1 atom stereocenters. The fraction of sp³-hybridized carbons (Fsp3) is 0.846. The van der Waals surface area contributed by atoms with Crippen molar-refractivity contribution in [2.75, 3.05) is 6.54 Å². The SMILES string of the molecule is CCC(C)(C)C(=O)[C@@H](CCCCN)NC(C)=O. The zero-order valence-corrected chi connectivity index (χ0v) is 11.5. The predicted octanol–water partition coefficient (Wildman–Crippen LogP) is 1.63. The molecule has 0 spiro atoms. The zero-order valence-electron chi connectivity index (χ0n) is 11.5. The standard InChI is InChI=1S/C13H26N2O2/c1-5-13(3,4)12(17)11(15-10(2)16)8-6-7-9-14/h11H,5-9,14H2,1-4H3,(H,15,16)/t11-/m1/s1. The van der Waals surface area contributed by atoms with E-state index < -0.39 is 0 Å². The Labute approximate surface area is 104 Å². The van der Waals surface area contributed by atoms with Crippen molar-refractivity contribution in [3.05, 3.63) is 0 Å². The molecule has 17 heavy (non-hydrogen) atoms. The average Bonchev–Trinajstić information content (AvgIpc) is 2.26. The third-order valence-electron chi connectivity index (χ3n) is 3.19. The molecule has 0 fully saturated rings. The fourth-order valence-corrected chi connectivity index (χ4v) is 1.65. The molecule has 4 heteroatoms. The summed E-state index contributed by atoms with van der Waals surface area (Å²) < 4.78 is 0. The number of carbonyl (C=O) groups excluding carboxylic acids is 2. The van der Waals surface area contributed by atoms with Gasteiger partial charge < -0.3 is 11.1 Å². The summed E-state index contributed by atoms with van der Waals surface area (Å²) >= 11 is 0. The monoisotopic (exact) mass is 242 g/mol. The van der Waals surface area contributed by atoms with E-state index in [2.05, 4.69) is 5.32 Å². The van der Waals surface area contributed by atoms with E-state index in [4.69, 9.17) is 5.73 Å². The van der Waals surface area contributed by atoms with Crippen molar-refractivity contribution in [2.45, 2.75) is 59.4 Å². The largest absolute Gasteiger partial charge is 0.347 e. The summed E-state index contributed by atoms with van der Waals surface area (Å²) in [4.78, 5) is 23.4. The van der Waals surface area contributed by atoms with Crippen LogP contribution in [0, 0.1) is 5.41 Å². The van der Waals surface area contributed by atoms with Crippen molar-refractivity contribution in [3.8, 4) is 0 Å². The molecule has 0 saturated carbocycles. The molecule has 0 rings (SSSR count). The summed E-state index contributed by atoms with van der Waals surface area (Å²) in [5.41, 5.74) is 5.05. The number of Topliss-reactive ketones (excluding diaryl/α,β-unsaturated/α-hetero) is 1. The number of nitrogens with two attached hydrogens (primary N) is 1. The second-order valence-corrected chi connectivity index (χ2v) is 5.14. The smallest absolute Gasteiger partial charge is 0.217 e. The fourth-order valence-electron chi connectivity index (χ4n) is 1.65. The van der Waals surface area contributed by atoms with E-state index in [1.165, 1.54) is 6.92 Å². The number of carbonyl (C=O) groups is 2. The molecule has 0 aromatic rings. The Hall–Kier alpha value is -0.900. The normalized spacial score (nSPS) is 13.2. The van der Waals surface area contributed by atoms with E-state index in [0.717, 1.165) is 19.3 Å². The van der Waals surface area contributed by atoms with E-state index in [0.29, 0.717) is 13.0 Å². The first-order valence-electron chi connectivity index (χ1n) is 6.36. The quantitative estimate of drug-likeness (QED) is 0.635. The minimum absolute atomic E-state index is 0.118. The third-order valence-corrected chi connectivity index (χ3v) is 3.19. The van der Waals surface area contributed by atoms with Gasteiger partial charge in [-0.25, -0.2) is 0 Å². The van der Waals surface area contributed by atoms with E-state index in [1.807, 2.05) is 20.8 Å². The minimum Gasteiger partial charge on any atom is -0.347 e. The van der Waals surface area contributed by atoms with Gasteiger partial charge >= 0.3 is 0 Å². The molecule has 100 valence electrons. The summed E-state index contributed by atoms with van der Waals surface area (Å²) in [6.45, 7) is 7.91. The van der Waals surface area contributed by atoms with Gasteiger partial charge in [0.1, 0.15) is 0 Å². The van der Waals surface area contributed by atoms with Crippen LogP contribution in [0.5, 0.6) is 0 Å². The molecule has 3 N–H and O–H groups in total. The number of hydrogen-bond acceptors (Lipinski definition) is 3. The maximum atomic E-state index is 12.3. The molecule has 0 aliphatic heterocycles. The Morgan fingerprint density at radius 2 is 1.88 bits per heavy atom. The van der Waals surface area contributed by atoms with Gasteiger partial charge in [-0.15, -0.1) is 0 Å². The molecule has 0 heterocycles. The van der Waals surface area contributed by atoms with Gasteiger partial charge in [-0.2, -0.15) is 0 Å². The van der Waals surface area contributed by atoms with Gasteiger partial charge in [-0.3, -0.25) is 9.59 Å². The molecule has 0 aromatic heterocycles. The number of rotatable bonds is 8. The Morgan fingerprint density at radius 3 is 2.29 bits per heavy atom. The number of unbranched alkanes of at least 4 members (excludes halogenated alkanes) is 1. The average molecular weight is 242 g/mol. The Morgan fingerprint density at radius 1 is 1.29 bits per heavy atom. The predicted molar refractivity (Wildman–Crippen MR) is 69.6 cm³/mol. The number of hydrogen-bond donors (Lipinski definition) is 2. The van der Waals surface area contributed by atoms with Crippen molar-refractivity contribution in [1.82, 2.24) is 5.32 Å². The molecular weight excluding hydrogens is 216 g/mol. The van der Waals surface area contributed by atoms with Gasteiger partial charge in [-0.1, -0.05) is 20.8 Å². The molecule has 0 saturated heterocycles. The molecule has 0 aliphatic carbocycles. The number of amides is 1. The van der Waals surface area contributed by atoms with Gasteiger partial charge in [0.25, 0.3) is 0 Å². The summed E-state index contributed by atoms with van der Waals surface area (Å²) in [7, 11) is 0. The van der Waals surface area contributed by atoms with Crippen LogP contribution in [-0.4, -0.2) is 24.3 Å². The number of ketones is 1. The Balaban J connectivity index is 4.55. The summed E-state index contributed by atoms with van der Waals surface area (Å²) in [6, 6.07) is -0.367.